The number of phenolic OH excluding ortho intramolecular Hbond substituents is 1. The first-order chi connectivity index (χ1) is 24.9. The fourth-order valence-corrected chi connectivity index (χ4v) is 6.84. The van der Waals surface area contributed by atoms with Crippen LogP contribution in [0.4, 0.5) is 11.4 Å². The SMILES string of the molecule is COC(=O)c1ccccc1-c1c2ccc(=O)c(CNc3cccc4cccnc34)c-2oc2c(CNc3cccc4cccnc34)c(O)c(Cl)cc12. The minimum Gasteiger partial charge on any atom is -0.506 e. The summed E-state index contributed by atoms with van der Waals surface area (Å²) in [5.41, 5.74) is 5.79. The molecule has 0 bridgehead atoms. The van der Waals surface area contributed by atoms with Gasteiger partial charge in [-0.3, -0.25) is 14.8 Å². The number of fused-ring (bicyclic) bond motifs is 4. The van der Waals surface area contributed by atoms with Gasteiger partial charge in [-0.2, -0.15) is 0 Å². The zero-order chi connectivity index (χ0) is 35.1. The number of carbonyl (C=O) groups is 1. The van der Waals surface area contributed by atoms with Crippen LogP contribution < -0.4 is 16.1 Å². The summed E-state index contributed by atoms with van der Waals surface area (Å²) in [5, 5.41) is 20.8. The first-order valence-corrected chi connectivity index (χ1v) is 16.6. The zero-order valence-corrected chi connectivity index (χ0v) is 28.0. The number of pyridine rings is 2. The molecule has 0 spiro atoms. The lowest BCUT2D eigenvalue weighted by Gasteiger charge is -2.22. The number of hydrogen-bond donors (Lipinski definition) is 3. The van der Waals surface area contributed by atoms with Crippen LogP contribution in [0.1, 0.15) is 21.5 Å². The summed E-state index contributed by atoms with van der Waals surface area (Å²) in [6, 6.07) is 31.1. The molecule has 1 aliphatic heterocycles. The van der Waals surface area contributed by atoms with E-state index in [4.69, 9.17) is 20.8 Å². The summed E-state index contributed by atoms with van der Waals surface area (Å²) in [4.78, 5) is 35.9. The molecule has 6 aromatic rings. The van der Waals surface area contributed by atoms with Gasteiger partial charge in [0.15, 0.2) is 5.43 Å². The van der Waals surface area contributed by atoms with Gasteiger partial charge in [-0.1, -0.05) is 66.2 Å². The van der Waals surface area contributed by atoms with Crippen molar-refractivity contribution in [1.82, 2.24) is 9.97 Å². The molecule has 0 atom stereocenters. The minimum atomic E-state index is -0.534. The number of aromatic nitrogens is 2. The lowest BCUT2D eigenvalue weighted by Crippen LogP contribution is -2.15. The monoisotopic (exact) mass is 692 g/mol. The Morgan fingerprint density at radius 3 is 2.08 bits per heavy atom. The second-order valence-corrected chi connectivity index (χ2v) is 12.4. The van der Waals surface area contributed by atoms with Gasteiger partial charge in [0.2, 0.25) is 0 Å². The van der Waals surface area contributed by atoms with Gasteiger partial charge in [0.05, 0.1) is 51.2 Å². The van der Waals surface area contributed by atoms with Crippen molar-refractivity contribution in [3.8, 4) is 28.2 Å². The van der Waals surface area contributed by atoms with Crippen LogP contribution in [-0.2, 0) is 17.8 Å². The fourth-order valence-electron chi connectivity index (χ4n) is 6.62. The molecule has 0 fully saturated rings. The molecule has 3 N–H and O–H groups in total. The van der Waals surface area contributed by atoms with Crippen molar-refractivity contribution in [1.29, 1.82) is 0 Å². The Kier molecular flexibility index (Phi) is 8.17. The normalized spacial score (nSPS) is 11.3. The number of methoxy groups -OCH3 is 1. The maximum atomic E-state index is 13.7. The van der Waals surface area contributed by atoms with Crippen LogP contribution in [0.5, 0.6) is 5.75 Å². The van der Waals surface area contributed by atoms with Crippen molar-refractivity contribution in [2.45, 2.75) is 13.1 Å². The van der Waals surface area contributed by atoms with E-state index in [2.05, 4.69) is 20.6 Å². The van der Waals surface area contributed by atoms with Crippen molar-refractivity contribution in [2.24, 2.45) is 0 Å². The summed E-state index contributed by atoms with van der Waals surface area (Å²) < 4.78 is 11.9. The average molecular weight is 693 g/mol. The molecule has 0 saturated carbocycles. The van der Waals surface area contributed by atoms with Gasteiger partial charge in [-0.05, 0) is 54.1 Å². The number of aromatic hydroxyl groups is 1. The highest BCUT2D eigenvalue weighted by Crippen LogP contribution is 2.47. The maximum absolute atomic E-state index is 13.7. The van der Waals surface area contributed by atoms with Crippen molar-refractivity contribution >= 4 is 61.7 Å². The third-order valence-corrected chi connectivity index (χ3v) is 9.33. The van der Waals surface area contributed by atoms with Crippen LogP contribution >= 0.6 is 11.6 Å². The molecule has 2 aliphatic rings. The van der Waals surface area contributed by atoms with Crippen LogP contribution in [-0.4, -0.2) is 28.2 Å². The summed E-state index contributed by atoms with van der Waals surface area (Å²) >= 11 is 6.74. The Hall–Kier alpha value is -6.45. The van der Waals surface area contributed by atoms with E-state index in [-0.39, 0.29) is 29.3 Å². The van der Waals surface area contributed by atoms with Gasteiger partial charge < -0.3 is 24.9 Å². The van der Waals surface area contributed by atoms with Gasteiger partial charge in [-0.15, -0.1) is 0 Å². The molecule has 10 heteroatoms. The molecule has 0 radical (unpaired) electrons. The molecule has 1 aliphatic carbocycles. The second-order valence-electron chi connectivity index (χ2n) is 12.0. The molecule has 0 amide bonds. The standard InChI is InChI=1S/C41H29ClN4O5/c1-50-41(49)26-13-3-2-12-25(26)35-27-16-17-34(47)29(21-45-32-14-4-8-23-10-6-18-43-36(23)32)39(27)51-40-28(35)20-31(42)38(48)30(40)22-46-33-15-5-9-24-11-7-19-44-37(24)33/h2-20,45-46,48H,21-22H2,1H3. The lowest BCUT2D eigenvalue weighted by atomic mass is 9.88. The fraction of sp³-hybridized carbons (Fsp3) is 0.0732. The Balaban J connectivity index is 1.36. The molecule has 2 aromatic heterocycles. The molecule has 51 heavy (non-hydrogen) atoms. The van der Waals surface area contributed by atoms with Crippen LogP contribution in [0.25, 0.3) is 55.2 Å². The number of nitrogens with one attached hydrogen (secondary N) is 2. The van der Waals surface area contributed by atoms with E-state index >= 15 is 0 Å². The highest BCUT2D eigenvalue weighted by molar-refractivity contribution is 6.33. The molecular formula is C41H29ClN4O5. The molecule has 9 nitrogen and oxygen atoms in total. The zero-order valence-electron chi connectivity index (χ0n) is 27.2. The number of phenols is 1. The summed E-state index contributed by atoms with van der Waals surface area (Å²) in [5.74, 6) is -0.422. The van der Waals surface area contributed by atoms with Crippen molar-refractivity contribution in [2.75, 3.05) is 17.7 Å². The second kappa shape index (κ2) is 13.1. The number of benzene rings is 5. The van der Waals surface area contributed by atoms with Crippen molar-refractivity contribution in [3.63, 3.8) is 0 Å². The Morgan fingerprint density at radius 1 is 0.784 bits per heavy atom. The van der Waals surface area contributed by atoms with Crippen LogP contribution in [0.15, 0.2) is 125 Å². The number of halogens is 1. The number of para-hydroxylation sites is 2. The Labute approximate surface area is 296 Å². The topological polar surface area (TPSA) is 127 Å². The first kappa shape index (κ1) is 31.8. The quantitative estimate of drug-likeness (QED) is 0.106. The van der Waals surface area contributed by atoms with E-state index in [9.17, 15) is 14.7 Å². The van der Waals surface area contributed by atoms with E-state index in [1.807, 2.05) is 72.8 Å². The number of esters is 1. The minimum absolute atomic E-state index is 0.0903. The largest absolute Gasteiger partial charge is 0.506 e. The predicted octanol–water partition coefficient (Wildman–Crippen LogP) is 9.03. The van der Waals surface area contributed by atoms with Crippen LogP contribution in [0.2, 0.25) is 5.02 Å². The molecule has 3 heterocycles. The number of rotatable bonds is 8. The van der Waals surface area contributed by atoms with E-state index in [0.29, 0.717) is 50.1 Å². The molecule has 250 valence electrons. The molecule has 8 rings (SSSR count). The van der Waals surface area contributed by atoms with Crippen LogP contribution in [0.3, 0.4) is 0 Å². The number of ether oxygens (including phenoxy) is 1. The Bertz CT molecular complexity index is 2660. The number of anilines is 2. The predicted molar refractivity (Wildman–Crippen MR) is 201 cm³/mol. The molecule has 0 saturated heterocycles. The number of nitrogens with zero attached hydrogens (tertiary/aromatic N) is 2. The van der Waals surface area contributed by atoms with Gasteiger partial charge in [0.25, 0.3) is 0 Å². The summed E-state index contributed by atoms with van der Waals surface area (Å²) in [6.45, 7) is 0.200. The average Bonchev–Trinajstić information content (AvgIpc) is 3.17. The third kappa shape index (κ3) is 5.63. The highest BCUT2D eigenvalue weighted by atomic mass is 35.5. The van der Waals surface area contributed by atoms with E-state index in [1.165, 1.54) is 13.2 Å². The maximum Gasteiger partial charge on any atom is 0.338 e. The highest BCUT2D eigenvalue weighted by Gasteiger charge is 2.28. The summed E-state index contributed by atoms with van der Waals surface area (Å²) in [6.07, 6.45) is 3.44. The van der Waals surface area contributed by atoms with Gasteiger partial charge in [-0.25, -0.2) is 4.79 Å². The molecule has 4 aromatic carbocycles. The number of carbonyl (C=O) groups excluding carboxylic acids is 1. The lowest BCUT2D eigenvalue weighted by molar-refractivity contribution is 0.0601. The summed E-state index contributed by atoms with van der Waals surface area (Å²) in [7, 11) is 1.33. The third-order valence-electron chi connectivity index (χ3n) is 9.04. The molecule has 0 unspecified atom stereocenters. The van der Waals surface area contributed by atoms with Crippen molar-refractivity contribution in [3.05, 3.63) is 147 Å². The van der Waals surface area contributed by atoms with Gasteiger partial charge in [0.1, 0.15) is 17.1 Å². The molecular weight excluding hydrogens is 664 g/mol. The number of hydrogen-bond acceptors (Lipinski definition) is 9. The van der Waals surface area contributed by atoms with Crippen LogP contribution in [0, 0.1) is 0 Å². The van der Waals surface area contributed by atoms with E-state index < -0.39 is 5.97 Å². The van der Waals surface area contributed by atoms with Crippen molar-refractivity contribution < 1.29 is 19.1 Å². The van der Waals surface area contributed by atoms with E-state index in [0.717, 1.165) is 33.2 Å². The Morgan fingerprint density at radius 2 is 1.41 bits per heavy atom. The first-order valence-electron chi connectivity index (χ1n) is 16.2. The van der Waals surface area contributed by atoms with Gasteiger partial charge >= 0.3 is 5.97 Å². The van der Waals surface area contributed by atoms with Gasteiger partial charge in [0, 0.05) is 52.8 Å². The van der Waals surface area contributed by atoms with E-state index in [1.54, 1.807) is 36.7 Å². The smallest absolute Gasteiger partial charge is 0.338 e.